The van der Waals surface area contributed by atoms with Crippen molar-refractivity contribution in [2.75, 3.05) is 0 Å². The van der Waals surface area contributed by atoms with Gasteiger partial charge in [0, 0.05) is 24.6 Å². The number of rotatable bonds is 6. The first-order chi connectivity index (χ1) is 9.85. The predicted octanol–water partition coefficient (Wildman–Crippen LogP) is 3.10. The Morgan fingerprint density at radius 3 is 3.05 bits per heavy atom. The van der Waals surface area contributed by atoms with Crippen LogP contribution in [0.4, 0.5) is 0 Å². The van der Waals surface area contributed by atoms with Crippen molar-refractivity contribution in [1.29, 1.82) is 0 Å². The summed E-state index contributed by atoms with van der Waals surface area (Å²) in [5, 5.41) is 3.98. The van der Waals surface area contributed by atoms with Crippen molar-refractivity contribution in [2.45, 2.75) is 31.3 Å². The fraction of sp³-hybridized carbons (Fsp3) is 0.357. The van der Waals surface area contributed by atoms with Crippen molar-refractivity contribution < 1.29 is 4.52 Å². The van der Waals surface area contributed by atoms with Gasteiger partial charge in [-0.05, 0) is 18.6 Å². The highest BCUT2D eigenvalue weighted by Crippen LogP contribution is 2.16. The van der Waals surface area contributed by atoms with Crippen LogP contribution in [0.1, 0.15) is 30.8 Å². The molecule has 0 saturated carbocycles. The molecule has 0 aliphatic carbocycles. The fourth-order valence-electron chi connectivity index (χ4n) is 1.97. The molecular formula is C14H16N4OS. The summed E-state index contributed by atoms with van der Waals surface area (Å²) in [6, 6.07) is 6.00. The van der Waals surface area contributed by atoms with E-state index >= 15 is 0 Å². The van der Waals surface area contributed by atoms with E-state index < -0.39 is 0 Å². The molecule has 0 unspecified atom stereocenters. The molecular weight excluding hydrogens is 272 g/mol. The lowest BCUT2D eigenvalue weighted by molar-refractivity contribution is 0.373. The summed E-state index contributed by atoms with van der Waals surface area (Å²) in [5.74, 6) is 3.10. The fourth-order valence-corrected chi connectivity index (χ4v) is 2.72. The summed E-state index contributed by atoms with van der Waals surface area (Å²) in [4.78, 5) is 8.91. The van der Waals surface area contributed by atoms with Crippen LogP contribution in [0.3, 0.4) is 0 Å². The lowest BCUT2D eigenvalue weighted by atomic mass is 10.3. The molecule has 3 heterocycles. The molecule has 0 aliphatic rings. The van der Waals surface area contributed by atoms with Crippen molar-refractivity contribution in [3.05, 3.63) is 48.0 Å². The molecule has 3 aromatic heterocycles. The Balaban J connectivity index is 1.56. The van der Waals surface area contributed by atoms with Gasteiger partial charge in [-0.1, -0.05) is 18.1 Å². The molecule has 0 aromatic carbocycles. The van der Waals surface area contributed by atoms with Crippen LogP contribution in [0.25, 0.3) is 5.65 Å². The second kappa shape index (κ2) is 6.09. The zero-order valence-electron chi connectivity index (χ0n) is 11.3. The van der Waals surface area contributed by atoms with E-state index in [-0.39, 0.29) is 0 Å². The molecule has 20 heavy (non-hydrogen) atoms. The maximum atomic E-state index is 5.16. The van der Waals surface area contributed by atoms with Gasteiger partial charge in [0.2, 0.25) is 5.89 Å². The maximum absolute atomic E-state index is 5.16. The monoisotopic (exact) mass is 288 g/mol. The molecule has 0 N–H and O–H groups in total. The van der Waals surface area contributed by atoms with Gasteiger partial charge in [0.05, 0.1) is 11.4 Å². The number of hydrogen-bond acceptors (Lipinski definition) is 5. The van der Waals surface area contributed by atoms with Gasteiger partial charge in [0.15, 0.2) is 5.82 Å². The number of fused-ring (bicyclic) bond motifs is 1. The standard InChI is InChI=1S/C14H16N4OS/c1-2-5-14-16-12(17-19-14)10-20-9-11-8-18-7-4-3-6-13(18)15-11/h3-4,6-8H,2,5,9-10H2,1H3. The van der Waals surface area contributed by atoms with Gasteiger partial charge in [-0.25, -0.2) is 4.98 Å². The van der Waals surface area contributed by atoms with E-state index in [9.17, 15) is 0 Å². The molecule has 0 spiro atoms. The Labute approximate surface area is 121 Å². The van der Waals surface area contributed by atoms with E-state index in [4.69, 9.17) is 4.52 Å². The first-order valence-corrected chi connectivity index (χ1v) is 7.82. The number of hydrogen-bond donors (Lipinski definition) is 0. The topological polar surface area (TPSA) is 56.2 Å². The molecule has 3 aromatic rings. The van der Waals surface area contributed by atoms with E-state index in [0.29, 0.717) is 0 Å². The van der Waals surface area contributed by atoms with E-state index in [2.05, 4.69) is 28.2 Å². The first-order valence-electron chi connectivity index (χ1n) is 6.67. The molecule has 0 amide bonds. The largest absolute Gasteiger partial charge is 0.339 e. The minimum atomic E-state index is 0.732. The SMILES string of the molecule is CCCc1nc(CSCc2cn3ccccc3n2)no1. The van der Waals surface area contributed by atoms with E-state index in [1.165, 1.54) is 0 Å². The van der Waals surface area contributed by atoms with Crippen molar-refractivity contribution in [3.8, 4) is 0 Å². The smallest absolute Gasteiger partial charge is 0.226 e. The van der Waals surface area contributed by atoms with Crippen molar-refractivity contribution in [2.24, 2.45) is 0 Å². The Bertz CT molecular complexity index is 658. The summed E-state index contributed by atoms with van der Waals surface area (Å²) in [6.07, 6.45) is 5.94. The zero-order valence-corrected chi connectivity index (χ0v) is 12.1. The average molecular weight is 288 g/mol. The Hall–Kier alpha value is -1.82. The van der Waals surface area contributed by atoms with E-state index in [1.807, 2.05) is 28.8 Å². The molecule has 0 atom stereocenters. The predicted molar refractivity (Wildman–Crippen MR) is 78.5 cm³/mol. The Kier molecular flexibility index (Phi) is 4.01. The number of aryl methyl sites for hydroxylation is 1. The van der Waals surface area contributed by atoms with Crippen LogP contribution in [0.2, 0.25) is 0 Å². The second-order valence-electron chi connectivity index (χ2n) is 4.55. The molecule has 0 fully saturated rings. The third-order valence-electron chi connectivity index (χ3n) is 2.87. The molecule has 3 rings (SSSR count). The number of imidazole rings is 1. The zero-order chi connectivity index (χ0) is 13.8. The van der Waals surface area contributed by atoms with Gasteiger partial charge in [0.1, 0.15) is 5.65 Å². The summed E-state index contributed by atoms with van der Waals surface area (Å²) in [7, 11) is 0. The van der Waals surface area contributed by atoms with Gasteiger partial charge in [-0.3, -0.25) is 0 Å². The number of nitrogens with zero attached hydrogens (tertiary/aromatic N) is 4. The molecule has 0 saturated heterocycles. The minimum absolute atomic E-state index is 0.732. The normalized spacial score (nSPS) is 11.2. The number of pyridine rings is 1. The number of aromatic nitrogens is 4. The molecule has 0 aliphatic heterocycles. The van der Waals surface area contributed by atoms with Crippen LogP contribution in [-0.2, 0) is 17.9 Å². The lowest BCUT2D eigenvalue weighted by Crippen LogP contribution is -1.87. The Morgan fingerprint density at radius 2 is 2.20 bits per heavy atom. The Morgan fingerprint density at radius 1 is 1.25 bits per heavy atom. The van der Waals surface area contributed by atoms with E-state index in [0.717, 1.165) is 47.4 Å². The van der Waals surface area contributed by atoms with Gasteiger partial charge in [0.25, 0.3) is 0 Å². The third kappa shape index (κ3) is 3.01. The van der Waals surface area contributed by atoms with Crippen molar-refractivity contribution in [3.63, 3.8) is 0 Å². The highest BCUT2D eigenvalue weighted by Gasteiger charge is 2.06. The van der Waals surface area contributed by atoms with E-state index in [1.54, 1.807) is 11.8 Å². The van der Waals surface area contributed by atoms with Crippen LogP contribution in [0.15, 0.2) is 35.1 Å². The molecule has 0 radical (unpaired) electrons. The first kappa shape index (κ1) is 13.2. The van der Waals surface area contributed by atoms with Gasteiger partial charge < -0.3 is 8.92 Å². The summed E-state index contributed by atoms with van der Waals surface area (Å²) in [6.45, 7) is 2.10. The van der Waals surface area contributed by atoms with Gasteiger partial charge >= 0.3 is 0 Å². The second-order valence-corrected chi connectivity index (χ2v) is 5.53. The minimum Gasteiger partial charge on any atom is -0.339 e. The maximum Gasteiger partial charge on any atom is 0.226 e. The highest BCUT2D eigenvalue weighted by atomic mass is 32.2. The van der Waals surface area contributed by atoms with Crippen LogP contribution in [-0.4, -0.2) is 19.5 Å². The molecule has 104 valence electrons. The average Bonchev–Trinajstić information content (AvgIpc) is 3.05. The van der Waals surface area contributed by atoms with Crippen LogP contribution >= 0.6 is 11.8 Å². The third-order valence-corrected chi connectivity index (χ3v) is 3.83. The molecule has 0 bridgehead atoms. The van der Waals surface area contributed by atoms with Gasteiger partial charge in [-0.15, -0.1) is 11.8 Å². The summed E-state index contributed by atoms with van der Waals surface area (Å²) >= 11 is 1.75. The lowest BCUT2D eigenvalue weighted by Gasteiger charge is -1.93. The quantitative estimate of drug-likeness (QED) is 0.697. The number of thioether (sulfide) groups is 1. The van der Waals surface area contributed by atoms with Crippen LogP contribution in [0.5, 0.6) is 0 Å². The molecule has 5 nitrogen and oxygen atoms in total. The molecule has 6 heteroatoms. The summed E-state index contributed by atoms with van der Waals surface area (Å²) < 4.78 is 7.19. The van der Waals surface area contributed by atoms with Gasteiger partial charge in [-0.2, -0.15) is 4.98 Å². The summed E-state index contributed by atoms with van der Waals surface area (Å²) in [5.41, 5.74) is 2.05. The van der Waals surface area contributed by atoms with Crippen molar-refractivity contribution >= 4 is 17.4 Å². The van der Waals surface area contributed by atoms with Crippen LogP contribution in [0, 0.1) is 0 Å². The van der Waals surface area contributed by atoms with Crippen molar-refractivity contribution in [1.82, 2.24) is 19.5 Å². The van der Waals surface area contributed by atoms with Crippen LogP contribution < -0.4 is 0 Å². The highest BCUT2D eigenvalue weighted by molar-refractivity contribution is 7.97.